The fraction of sp³-hybridized carbons (Fsp3) is 0.524. The van der Waals surface area contributed by atoms with Gasteiger partial charge in [-0.05, 0) is 56.8 Å². The Morgan fingerprint density at radius 1 is 1.17 bits per heavy atom. The van der Waals surface area contributed by atoms with Crippen molar-refractivity contribution in [1.29, 1.82) is 0 Å². The minimum absolute atomic E-state index is 0.153. The highest BCUT2D eigenvalue weighted by Gasteiger charge is 2.39. The molecule has 1 aromatic heterocycles. The summed E-state index contributed by atoms with van der Waals surface area (Å²) in [4.78, 5) is 28.4. The zero-order valence-corrected chi connectivity index (χ0v) is 17.1. The van der Waals surface area contributed by atoms with E-state index in [2.05, 4.69) is 10.3 Å². The van der Waals surface area contributed by atoms with Crippen molar-refractivity contribution in [2.24, 2.45) is 22.6 Å². The Bertz CT molecular complexity index is 796. The molecule has 0 spiro atoms. The van der Waals surface area contributed by atoms with Crippen molar-refractivity contribution in [2.45, 2.75) is 38.1 Å². The summed E-state index contributed by atoms with van der Waals surface area (Å²) in [6.45, 7) is 1.06. The van der Waals surface area contributed by atoms with Gasteiger partial charge in [-0.2, -0.15) is 0 Å². The number of H-pyrrole nitrogens is 1. The number of benzene rings is 1. The molecule has 2 rings (SSSR count). The molecule has 0 aliphatic carbocycles. The van der Waals surface area contributed by atoms with Gasteiger partial charge in [0.25, 0.3) is 0 Å². The number of hydrogen-bond donors (Lipinski definition) is 5. The van der Waals surface area contributed by atoms with Crippen LogP contribution in [0.15, 0.2) is 30.5 Å². The topological polar surface area (TPSA) is 149 Å². The normalized spacial score (nSPS) is 12.7. The second-order valence-electron chi connectivity index (χ2n) is 7.44. The SMILES string of the molecule is COC(=O)C(CCCN)(CCCN)CNC(=O)C(N)Cc1c[nH]c2ccccc12. The zero-order chi connectivity index (χ0) is 21.3. The number of hydrogen-bond acceptors (Lipinski definition) is 6. The van der Waals surface area contributed by atoms with Crippen LogP contribution < -0.4 is 22.5 Å². The molecule has 0 fully saturated rings. The summed E-state index contributed by atoms with van der Waals surface area (Å²) in [5, 5.41) is 3.91. The second kappa shape index (κ2) is 10.9. The number of carbonyl (C=O) groups is 2. The molecule has 8 heteroatoms. The van der Waals surface area contributed by atoms with Gasteiger partial charge in [0.15, 0.2) is 0 Å². The fourth-order valence-electron chi connectivity index (χ4n) is 3.69. The molecule has 160 valence electrons. The highest BCUT2D eigenvalue weighted by Crippen LogP contribution is 2.31. The maximum atomic E-state index is 12.7. The van der Waals surface area contributed by atoms with Crippen molar-refractivity contribution in [3.63, 3.8) is 0 Å². The van der Waals surface area contributed by atoms with Gasteiger partial charge in [-0.25, -0.2) is 0 Å². The van der Waals surface area contributed by atoms with Gasteiger partial charge in [-0.1, -0.05) is 18.2 Å². The quantitative estimate of drug-likeness (QED) is 0.331. The number of carbonyl (C=O) groups excluding carboxylic acids is 2. The van der Waals surface area contributed by atoms with E-state index in [0.717, 1.165) is 16.5 Å². The minimum Gasteiger partial charge on any atom is -0.469 e. The van der Waals surface area contributed by atoms with Gasteiger partial charge < -0.3 is 32.2 Å². The molecule has 0 aliphatic rings. The number of esters is 1. The molecular weight excluding hydrogens is 370 g/mol. The zero-order valence-electron chi connectivity index (χ0n) is 17.1. The highest BCUT2D eigenvalue weighted by molar-refractivity contribution is 5.86. The highest BCUT2D eigenvalue weighted by atomic mass is 16.5. The third kappa shape index (κ3) is 5.79. The van der Waals surface area contributed by atoms with Crippen molar-refractivity contribution in [1.82, 2.24) is 10.3 Å². The van der Waals surface area contributed by atoms with Gasteiger partial charge >= 0.3 is 5.97 Å². The summed E-state index contributed by atoms with van der Waals surface area (Å²) < 4.78 is 5.03. The van der Waals surface area contributed by atoms with Crippen LogP contribution in [-0.4, -0.2) is 49.6 Å². The van der Waals surface area contributed by atoms with Crippen LogP contribution >= 0.6 is 0 Å². The van der Waals surface area contributed by atoms with E-state index in [-0.39, 0.29) is 18.4 Å². The Kier molecular flexibility index (Phi) is 8.63. The van der Waals surface area contributed by atoms with Crippen LogP contribution in [0.4, 0.5) is 0 Å². The van der Waals surface area contributed by atoms with E-state index in [0.29, 0.717) is 45.2 Å². The number of ether oxygens (including phenoxy) is 1. The first-order chi connectivity index (χ1) is 14.0. The van der Waals surface area contributed by atoms with Crippen LogP contribution in [0.3, 0.4) is 0 Å². The van der Waals surface area contributed by atoms with Crippen LogP contribution in [0.1, 0.15) is 31.2 Å². The number of para-hydroxylation sites is 1. The number of aromatic nitrogens is 1. The van der Waals surface area contributed by atoms with Crippen LogP contribution in [0.25, 0.3) is 10.9 Å². The predicted octanol–water partition coefficient (Wildman–Crippen LogP) is 0.791. The Hall–Kier alpha value is -2.42. The van der Waals surface area contributed by atoms with Crippen molar-refractivity contribution in [3.05, 3.63) is 36.0 Å². The summed E-state index contributed by atoms with van der Waals surface area (Å²) >= 11 is 0. The van der Waals surface area contributed by atoms with Crippen molar-refractivity contribution < 1.29 is 14.3 Å². The maximum Gasteiger partial charge on any atom is 0.313 e. The lowest BCUT2D eigenvalue weighted by atomic mass is 9.78. The van der Waals surface area contributed by atoms with Crippen LogP contribution in [-0.2, 0) is 20.7 Å². The van der Waals surface area contributed by atoms with Gasteiger partial charge in [-0.3, -0.25) is 9.59 Å². The first kappa shape index (κ1) is 22.9. The largest absolute Gasteiger partial charge is 0.469 e. The number of fused-ring (bicyclic) bond motifs is 1. The molecule has 0 saturated heterocycles. The molecule has 1 amide bonds. The monoisotopic (exact) mass is 403 g/mol. The van der Waals surface area contributed by atoms with Gasteiger partial charge in [0.05, 0.1) is 18.6 Å². The summed E-state index contributed by atoms with van der Waals surface area (Å²) in [5.74, 6) is -0.658. The third-order valence-corrected chi connectivity index (χ3v) is 5.39. The summed E-state index contributed by atoms with van der Waals surface area (Å²) in [5.41, 5.74) is 18.6. The fourth-order valence-corrected chi connectivity index (χ4v) is 3.69. The first-order valence-electron chi connectivity index (χ1n) is 10.0. The summed E-state index contributed by atoms with van der Waals surface area (Å²) in [6, 6.07) is 7.14. The molecule has 1 heterocycles. The van der Waals surface area contributed by atoms with E-state index < -0.39 is 11.5 Å². The predicted molar refractivity (Wildman–Crippen MR) is 114 cm³/mol. The van der Waals surface area contributed by atoms with E-state index >= 15 is 0 Å². The van der Waals surface area contributed by atoms with Gasteiger partial charge in [-0.15, -0.1) is 0 Å². The number of nitrogens with two attached hydrogens (primary N) is 3. The molecule has 0 saturated carbocycles. The van der Waals surface area contributed by atoms with E-state index in [1.807, 2.05) is 30.5 Å². The molecule has 2 aromatic rings. The Labute approximate surface area is 171 Å². The molecule has 1 aromatic carbocycles. The van der Waals surface area contributed by atoms with Crippen LogP contribution in [0, 0.1) is 5.41 Å². The number of methoxy groups -OCH3 is 1. The van der Waals surface area contributed by atoms with Crippen LogP contribution in [0.2, 0.25) is 0 Å². The first-order valence-corrected chi connectivity index (χ1v) is 10.0. The lowest BCUT2D eigenvalue weighted by Gasteiger charge is -2.31. The molecule has 0 aliphatic heterocycles. The standard InChI is InChI=1S/C21H33N5O3/c1-29-20(28)21(8-4-10-22,9-5-11-23)14-26-19(27)17(24)12-15-13-25-18-7-3-2-6-16(15)18/h2-3,6-7,13,17,25H,4-5,8-12,14,22-24H2,1H3,(H,26,27). The van der Waals surface area contributed by atoms with Crippen LogP contribution in [0.5, 0.6) is 0 Å². The molecule has 8 N–H and O–H groups in total. The molecule has 0 bridgehead atoms. The molecular formula is C21H33N5O3. The molecule has 1 atom stereocenters. The summed E-state index contributed by atoms with van der Waals surface area (Å²) in [6.07, 6.45) is 4.61. The smallest absolute Gasteiger partial charge is 0.313 e. The van der Waals surface area contributed by atoms with E-state index in [9.17, 15) is 9.59 Å². The Balaban J connectivity index is 2.06. The minimum atomic E-state index is -0.844. The summed E-state index contributed by atoms with van der Waals surface area (Å²) in [7, 11) is 1.35. The van der Waals surface area contributed by atoms with E-state index in [1.54, 1.807) is 0 Å². The molecule has 29 heavy (non-hydrogen) atoms. The third-order valence-electron chi connectivity index (χ3n) is 5.39. The van der Waals surface area contributed by atoms with Gasteiger partial charge in [0, 0.05) is 23.6 Å². The molecule has 1 unspecified atom stereocenters. The molecule has 0 radical (unpaired) electrons. The average Bonchev–Trinajstić information content (AvgIpc) is 3.15. The number of nitrogens with one attached hydrogen (secondary N) is 2. The van der Waals surface area contributed by atoms with Crippen molar-refractivity contribution in [3.8, 4) is 0 Å². The Morgan fingerprint density at radius 2 is 1.83 bits per heavy atom. The Morgan fingerprint density at radius 3 is 2.45 bits per heavy atom. The van der Waals surface area contributed by atoms with E-state index in [1.165, 1.54) is 7.11 Å². The van der Waals surface area contributed by atoms with Crippen molar-refractivity contribution in [2.75, 3.05) is 26.7 Å². The molecule has 8 nitrogen and oxygen atoms in total. The lowest BCUT2D eigenvalue weighted by molar-refractivity contribution is -0.154. The number of rotatable bonds is 12. The maximum absolute atomic E-state index is 12.7. The average molecular weight is 404 g/mol. The lowest BCUT2D eigenvalue weighted by Crippen LogP contribution is -2.49. The van der Waals surface area contributed by atoms with Crippen molar-refractivity contribution >= 4 is 22.8 Å². The van der Waals surface area contributed by atoms with Gasteiger partial charge in [0.2, 0.25) is 5.91 Å². The number of aromatic amines is 1. The van der Waals surface area contributed by atoms with E-state index in [4.69, 9.17) is 21.9 Å². The second-order valence-corrected chi connectivity index (χ2v) is 7.44. The number of amides is 1. The van der Waals surface area contributed by atoms with Gasteiger partial charge in [0.1, 0.15) is 0 Å².